The fourth-order valence-electron chi connectivity index (χ4n) is 3.15. The van der Waals surface area contributed by atoms with Crippen molar-refractivity contribution in [2.45, 2.75) is 20.0 Å². The lowest BCUT2D eigenvalue weighted by molar-refractivity contribution is 0.0524. The van der Waals surface area contributed by atoms with E-state index >= 15 is 0 Å². The van der Waals surface area contributed by atoms with E-state index in [1.807, 2.05) is 49.5 Å². The Hall–Kier alpha value is -2.70. The summed E-state index contributed by atoms with van der Waals surface area (Å²) in [5.41, 5.74) is 2.23. The number of benzene rings is 2. The average molecular weight is 380 g/mol. The van der Waals surface area contributed by atoms with E-state index in [9.17, 15) is 4.79 Å². The van der Waals surface area contributed by atoms with Crippen molar-refractivity contribution < 1.29 is 13.9 Å². The number of para-hydroxylation sites is 2. The van der Waals surface area contributed by atoms with Gasteiger partial charge in [-0.25, -0.2) is 9.78 Å². The zero-order valence-electron chi connectivity index (χ0n) is 15.3. The molecule has 6 heteroatoms. The fraction of sp³-hybridized carbons (Fsp3) is 0.238. The van der Waals surface area contributed by atoms with Gasteiger partial charge >= 0.3 is 5.97 Å². The van der Waals surface area contributed by atoms with Crippen LogP contribution < -0.4 is 0 Å². The van der Waals surface area contributed by atoms with Crippen LogP contribution in [0.3, 0.4) is 0 Å². The Morgan fingerprint density at radius 1 is 1.15 bits per heavy atom. The number of aromatic nitrogens is 1. The average Bonchev–Trinajstić information content (AvgIpc) is 3.21. The number of rotatable bonds is 6. The van der Waals surface area contributed by atoms with Crippen LogP contribution in [0.5, 0.6) is 0 Å². The molecule has 0 amide bonds. The molecule has 4 aromatic rings. The van der Waals surface area contributed by atoms with Gasteiger partial charge in [-0.3, -0.25) is 4.90 Å². The monoisotopic (exact) mass is 380 g/mol. The molecule has 0 fully saturated rings. The summed E-state index contributed by atoms with van der Waals surface area (Å²) in [6.07, 6.45) is 0. The molecule has 0 aliphatic carbocycles. The lowest BCUT2D eigenvalue weighted by Crippen LogP contribution is -2.18. The van der Waals surface area contributed by atoms with Crippen LogP contribution in [0.2, 0.25) is 0 Å². The van der Waals surface area contributed by atoms with E-state index in [1.165, 1.54) is 4.70 Å². The molecule has 27 heavy (non-hydrogen) atoms. The van der Waals surface area contributed by atoms with Crippen LogP contribution >= 0.6 is 11.3 Å². The summed E-state index contributed by atoms with van der Waals surface area (Å²) in [7, 11) is 1.99. The maximum absolute atomic E-state index is 12.5. The summed E-state index contributed by atoms with van der Waals surface area (Å²) < 4.78 is 12.4. The number of carbonyl (C=O) groups excluding carboxylic acids is 1. The minimum atomic E-state index is -0.342. The van der Waals surface area contributed by atoms with Crippen molar-refractivity contribution in [2.75, 3.05) is 13.7 Å². The van der Waals surface area contributed by atoms with Crippen molar-refractivity contribution in [3.8, 4) is 0 Å². The molecule has 0 spiro atoms. The lowest BCUT2D eigenvalue weighted by atomic mass is 10.1. The molecule has 2 aromatic carbocycles. The number of carbonyl (C=O) groups is 1. The Labute approximate surface area is 161 Å². The molecule has 138 valence electrons. The minimum absolute atomic E-state index is 0.333. The summed E-state index contributed by atoms with van der Waals surface area (Å²) in [4.78, 5) is 19.3. The van der Waals surface area contributed by atoms with E-state index in [1.54, 1.807) is 18.3 Å². The van der Waals surface area contributed by atoms with Gasteiger partial charge in [-0.05, 0) is 32.2 Å². The number of nitrogens with zero attached hydrogens (tertiary/aromatic N) is 2. The molecule has 0 N–H and O–H groups in total. The third-order valence-corrected chi connectivity index (χ3v) is 5.33. The summed E-state index contributed by atoms with van der Waals surface area (Å²) in [6, 6.07) is 15.7. The molecule has 0 atom stereocenters. The summed E-state index contributed by atoms with van der Waals surface area (Å²) >= 11 is 1.68. The second-order valence-corrected chi connectivity index (χ2v) is 7.48. The van der Waals surface area contributed by atoms with Crippen LogP contribution in [-0.2, 0) is 17.8 Å². The van der Waals surface area contributed by atoms with Crippen LogP contribution in [0.1, 0.15) is 28.0 Å². The molecule has 0 unspecified atom stereocenters. The van der Waals surface area contributed by atoms with Crippen LogP contribution in [0, 0.1) is 0 Å². The smallest absolute Gasteiger partial charge is 0.342 e. The van der Waals surface area contributed by atoms with Gasteiger partial charge in [0.25, 0.3) is 0 Å². The molecular weight excluding hydrogens is 360 g/mol. The molecule has 0 bridgehead atoms. The maximum Gasteiger partial charge on any atom is 0.342 e. The molecular formula is C21H20N2O3S. The Bertz CT molecular complexity index is 1070. The van der Waals surface area contributed by atoms with Crippen molar-refractivity contribution in [1.29, 1.82) is 0 Å². The highest BCUT2D eigenvalue weighted by Gasteiger charge is 2.23. The van der Waals surface area contributed by atoms with Gasteiger partial charge in [-0.1, -0.05) is 30.3 Å². The van der Waals surface area contributed by atoms with E-state index in [0.717, 1.165) is 15.9 Å². The molecule has 0 aliphatic rings. The molecule has 0 aliphatic heterocycles. The molecule has 4 rings (SSSR count). The Morgan fingerprint density at radius 2 is 1.93 bits per heavy atom. The number of furan rings is 1. The van der Waals surface area contributed by atoms with Crippen LogP contribution in [0.15, 0.2) is 52.9 Å². The van der Waals surface area contributed by atoms with Gasteiger partial charge in [0, 0.05) is 5.39 Å². The molecule has 0 radical (unpaired) electrons. The molecule has 0 saturated carbocycles. The van der Waals surface area contributed by atoms with Crippen LogP contribution in [-0.4, -0.2) is 29.5 Å². The van der Waals surface area contributed by atoms with Gasteiger partial charge in [-0.2, -0.15) is 0 Å². The Kier molecular flexibility index (Phi) is 4.92. The van der Waals surface area contributed by atoms with Gasteiger partial charge < -0.3 is 9.15 Å². The van der Waals surface area contributed by atoms with Crippen molar-refractivity contribution in [2.24, 2.45) is 0 Å². The minimum Gasteiger partial charge on any atom is -0.462 e. The van der Waals surface area contributed by atoms with E-state index in [4.69, 9.17) is 9.15 Å². The Morgan fingerprint density at radius 3 is 2.74 bits per heavy atom. The third-order valence-electron chi connectivity index (χ3n) is 4.30. The standard InChI is InChI=1S/C21H20N2O3S/c1-3-25-21(24)20-14-8-4-6-10-16(14)26-17(20)12-23(2)13-19-22-15-9-5-7-11-18(15)27-19/h4-11H,3,12-13H2,1-2H3. The zero-order valence-corrected chi connectivity index (χ0v) is 16.1. The van der Waals surface area contributed by atoms with Gasteiger partial charge in [0.1, 0.15) is 21.9 Å². The van der Waals surface area contributed by atoms with Gasteiger partial charge in [0.2, 0.25) is 0 Å². The summed E-state index contributed by atoms with van der Waals surface area (Å²) in [6.45, 7) is 3.32. The van der Waals surface area contributed by atoms with Crippen molar-refractivity contribution in [3.05, 3.63) is 64.9 Å². The number of ether oxygens (including phenoxy) is 1. The SMILES string of the molecule is CCOC(=O)c1c(CN(C)Cc2nc3ccccc3s2)oc2ccccc12. The molecule has 0 saturated heterocycles. The molecule has 2 heterocycles. The second kappa shape index (κ2) is 7.50. The number of hydrogen-bond donors (Lipinski definition) is 0. The second-order valence-electron chi connectivity index (χ2n) is 6.36. The first-order valence-corrected chi connectivity index (χ1v) is 9.68. The molecule has 2 aromatic heterocycles. The molecule has 5 nitrogen and oxygen atoms in total. The van der Waals surface area contributed by atoms with Crippen LogP contribution in [0.4, 0.5) is 0 Å². The van der Waals surface area contributed by atoms with Crippen LogP contribution in [0.25, 0.3) is 21.2 Å². The van der Waals surface area contributed by atoms with E-state index in [2.05, 4.69) is 16.0 Å². The topological polar surface area (TPSA) is 55.6 Å². The van der Waals surface area contributed by atoms with Crippen molar-refractivity contribution >= 4 is 38.5 Å². The predicted octanol–water partition coefficient (Wildman–Crippen LogP) is 4.85. The number of hydrogen-bond acceptors (Lipinski definition) is 6. The summed E-state index contributed by atoms with van der Waals surface area (Å²) in [5.74, 6) is 0.282. The van der Waals surface area contributed by atoms with Gasteiger partial charge in [-0.15, -0.1) is 11.3 Å². The number of esters is 1. The first-order chi connectivity index (χ1) is 13.2. The van der Waals surface area contributed by atoms with Crippen molar-refractivity contribution in [3.63, 3.8) is 0 Å². The Balaban J connectivity index is 1.60. The first kappa shape index (κ1) is 17.7. The lowest BCUT2D eigenvalue weighted by Gasteiger charge is -2.14. The van der Waals surface area contributed by atoms with E-state index in [-0.39, 0.29) is 5.97 Å². The highest BCUT2D eigenvalue weighted by Crippen LogP contribution is 2.28. The number of thiazole rings is 1. The first-order valence-electron chi connectivity index (χ1n) is 8.86. The van der Waals surface area contributed by atoms with E-state index < -0.39 is 0 Å². The quantitative estimate of drug-likeness (QED) is 0.448. The normalized spacial score (nSPS) is 11.5. The van der Waals surface area contributed by atoms with Gasteiger partial charge in [0.05, 0.1) is 29.9 Å². The van der Waals surface area contributed by atoms with Gasteiger partial charge in [0.15, 0.2) is 0 Å². The highest BCUT2D eigenvalue weighted by atomic mass is 32.1. The number of fused-ring (bicyclic) bond motifs is 2. The largest absolute Gasteiger partial charge is 0.462 e. The van der Waals surface area contributed by atoms with Crippen molar-refractivity contribution in [1.82, 2.24) is 9.88 Å². The fourth-order valence-corrected chi connectivity index (χ4v) is 4.20. The zero-order chi connectivity index (χ0) is 18.8. The maximum atomic E-state index is 12.5. The highest BCUT2D eigenvalue weighted by molar-refractivity contribution is 7.18. The summed E-state index contributed by atoms with van der Waals surface area (Å²) in [5, 5.41) is 1.83. The third kappa shape index (κ3) is 3.59. The van der Waals surface area contributed by atoms with E-state index in [0.29, 0.717) is 36.6 Å². The predicted molar refractivity (Wildman–Crippen MR) is 107 cm³/mol.